The number of nitrogens with zero attached hydrogens (tertiary/aromatic N) is 2. The molecule has 33 heavy (non-hydrogen) atoms. The Bertz CT molecular complexity index is 921. The molecule has 0 aromatic carbocycles. The van der Waals surface area contributed by atoms with Crippen LogP contribution in [0.5, 0.6) is 0 Å². The van der Waals surface area contributed by atoms with E-state index in [1.165, 1.54) is 11.1 Å². The Hall–Kier alpha value is 0.817. The minimum atomic E-state index is -1.96. The maximum atomic E-state index is 2.97. The lowest BCUT2D eigenvalue weighted by molar-refractivity contribution is 0.397. The van der Waals surface area contributed by atoms with Crippen molar-refractivity contribution in [3.05, 3.63) is 46.1 Å². The molecule has 0 N–H and O–H groups in total. The van der Waals surface area contributed by atoms with E-state index in [2.05, 4.69) is 128 Å². The van der Waals surface area contributed by atoms with E-state index in [1.54, 1.807) is 10.6 Å². The minimum Gasteiger partial charge on any atom is -0.251 e. The molecule has 0 aromatic rings. The Balaban J connectivity index is 1.99. The van der Waals surface area contributed by atoms with E-state index in [4.69, 9.17) is 0 Å². The Morgan fingerprint density at radius 3 is 1.24 bits per heavy atom. The fourth-order valence-corrected chi connectivity index (χ4v) is 36.7. The van der Waals surface area contributed by atoms with Crippen molar-refractivity contribution in [2.45, 2.75) is 89.1 Å². The third kappa shape index (κ3) is 3.32. The summed E-state index contributed by atoms with van der Waals surface area (Å²) in [5.41, 5.74) is 3.47. The van der Waals surface area contributed by atoms with Crippen LogP contribution in [0.15, 0.2) is 46.1 Å². The molecule has 4 aliphatic rings. The summed E-state index contributed by atoms with van der Waals surface area (Å²) in [7, 11) is -3.13. The maximum absolute atomic E-state index is 2.97. The van der Waals surface area contributed by atoms with Crippen LogP contribution in [-0.4, -0.2) is 64.3 Å². The Kier molecular flexibility index (Phi) is 6.44. The van der Waals surface area contributed by atoms with Crippen LogP contribution >= 0.6 is 32.3 Å². The van der Waals surface area contributed by atoms with Crippen molar-refractivity contribution in [2.24, 2.45) is 0 Å². The second kappa shape index (κ2) is 7.91. The van der Waals surface area contributed by atoms with E-state index in [-0.39, 0.29) is 52.9 Å². The third-order valence-electron chi connectivity index (χ3n) is 8.34. The number of fused-ring (bicyclic) bond motifs is 2. The van der Waals surface area contributed by atoms with Crippen molar-refractivity contribution in [3.8, 4) is 0 Å². The van der Waals surface area contributed by atoms with Gasteiger partial charge >= 0.3 is 0 Å². The van der Waals surface area contributed by atoms with E-state index in [9.17, 15) is 0 Å². The van der Waals surface area contributed by atoms with Crippen LogP contribution in [0.25, 0.3) is 0 Å². The Morgan fingerprint density at radius 1 is 0.667 bits per heavy atom. The van der Waals surface area contributed by atoms with Gasteiger partial charge in [-0.05, 0) is 125 Å². The largest absolute Gasteiger partial charge is 0.251 e. The molecule has 2 fully saturated rings. The van der Waals surface area contributed by atoms with E-state index in [1.807, 2.05) is 0 Å². The van der Waals surface area contributed by atoms with Gasteiger partial charge in [0.1, 0.15) is 0 Å². The number of hydrogen-bond acceptors (Lipinski definition) is 2. The van der Waals surface area contributed by atoms with E-state index < -0.39 is 8.07 Å². The van der Waals surface area contributed by atoms with E-state index >= 15 is 0 Å². The van der Waals surface area contributed by atoms with Crippen molar-refractivity contribution in [1.29, 1.82) is 0 Å². The van der Waals surface area contributed by atoms with Gasteiger partial charge in [-0.2, -0.15) is 0 Å². The molecule has 2 aliphatic heterocycles. The molecule has 184 valence electrons. The summed E-state index contributed by atoms with van der Waals surface area (Å²) < 4.78 is 6.47. The highest BCUT2D eigenvalue weighted by Gasteiger charge is 2.73. The standard InChI is InChI=1S/C26H46N2P4Si/c1-19-15-21-25(17-19,31(11)27(29(21)9)23(3,4)5)33(13,14)26-18-20(2)16-22(26)30(10)28(32(26)12)24(6,7)8/h15-18H,1-14H3. The summed E-state index contributed by atoms with van der Waals surface area (Å²) in [5, 5.41) is 3.61. The lowest BCUT2D eigenvalue weighted by Crippen LogP contribution is -2.64. The molecule has 0 saturated carbocycles. The van der Waals surface area contributed by atoms with Crippen LogP contribution < -0.4 is 0 Å². The van der Waals surface area contributed by atoms with Crippen LogP contribution in [0.4, 0.5) is 0 Å². The van der Waals surface area contributed by atoms with Crippen LogP contribution in [0.3, 0.4) is 0 Å². The molecule has 0 spiro atoms. The van der Waals surface area contributed by atoms with Gasteiger partial charge in [-0.3, -0.25) is 8.88 Å². The average molecular weight is 539 g/mol. The lowest BCUT2D eigenvalue weighted by atomic mass is 10.1. The van der Waals surface area contributed by atoms with Gasteiger partial charge in [-0.1, -0.05) is 48.5 Å². The zero-order valence-corrected chi connectivity index (χ0v) is 28.1. The zero-order chi connectivity index (χ0) is 25.1. The first-order valence-electron chi connectivity index (χ1n) is 12.2. The van der Waals surface area contributed by atoms with E-state index in [0.29, 0.717) is 0 Å². The third-order valence-corrected chi connectivity index (χ3v) is 32.1. The summed E-state index contributed by atoms with van der Waals surface area (Å²) in [5.74, 6) is 0. The second-order valence-corrected chi connectivity index (χ2v) is 27.5. The molecular formula is C26H46N2P4Si. The highest BCUT2D eigenvalue weighted by atomic mass is 31.2. The monoisotopic (exact) mass is 538 g/mol. The van der Waals surface area contributed by atoms with Crippen LogP contribution in [-0.2, 0) is 0 Å². The van der Waals surface area contributed by atoms with Crippen molar-refractivity contribution in [1.82, 2.24) is 8.88 Å². The van der Waals surface area contributed by atoms with Gasteiger partial charge < -0.3 is 0 Å². The minimum absolute atomic E-state index is 0.213. The van der Waals surface area contributed by atoms with Crippen LogP contribution in [0.2, 0.25) is 13.1 Å². The predicted molar refractivity (Wildman–Crippen MR) is 161 cm³/mol. The quantitative estimate of drug-likeness (QED) is 0.255. The molecule has 0 amide bonds. The van der Waals surface area contributed by atoms with Gasteiger partial charge in [0.2, 0.25) is 0 Å². The molecular weight excluding hydrogens is 492 g/mol. The fraction of sp³-hybridized carbons (Fsp3) is 0.692. The van der Waals surface area contributed by atoms with Gasteiger partial charge in [0.05, 0.1) is 8.07 Å². The summed E-state index contributed by atoms with van der Waals surface area (Å²) in [6, 6.07) is 0. The highest BCUT2D eigenvalue weighted by Crippen LogP contribution is 2.88. The molecule has 2 aliphatic carbocycles. The van der Waals surface area contributed by atoms with Gasteiger partial charge in [-0.25, -0.2) is 0 Å². The normalized spacial score (nSPS) is 39.9. The molecule has 6 atom stereocenters. The van der Waals surface area contributed by atoms with Crippen LogP contribution in [0, 0.1) is 0 Å². The molecule has 0 radical (unpaired) electrons. The number of allylic oxidation sites excluding steroid dienone is 8. The maximum Gasteiger partial charge on any atom is 0.0932 e. The SMILES string of the molecule is CC1=CC2([Si](C)(C)C34C=C(C)C=C3P(C)N(C(C)(C)C)P4C)C(=C1)P(C)N(C(C)(C)C)P2C. The summed E-state index contributed by atoms with van der Waals surface area (Å²) >= 11 is 0. The van der Waals surface area contributed by atoms with Crippen LogP contribution in [0.1, 0.15) is 55.4 Å². The van der Waals surface area contributed by atoms with Crippen molar-refractivity contribution < 1.29 is 0 Å². The van der Waals surface area contributed by atoms with Gasteiger partial charge in [0, 0.05) is 20.6 Å². The Labute approximate surface area is 210 Å². The first kappa shape index (κ1) is 26.9. The summed E-state index contributed by atoms with van der Waals surface area (Å²) in [4.78, 5) is 0. The smallest absolute Gasteiger partial charge is 0.0932 e. The first-order chi connectivity index (χ1) is 14.9. The molecule has 2 saturated heterocycles. The number of hydrogen-bond donors (Lipinski definition) is 0. The van der Waals surface area contributed by atoms with Crippen molar-refractivity contribution in [3.63, 3.8) is 0 Å². The lowest BCUT2D eigenvalue weighted by Gasteiger charge is -2.55. The summed E-state index contributed by atoms with van der Waals surface area (Å²) in [6.45, 7) is 35.4. The number of rotatable bonds is 2. The molecule has 4 rings (SSSR count). The molecule has 0 aromatic heterocycles. The fourth-order valence-electron chi connectivity index (χ4n) is 7.55. The summed E-state index contributed by atoms with van der Waals surface area (Å²) in [6.07, 6.45) is 10.8. The van der Waals surface area contributed by atoms with Crippen molar-refractivity contribution in [2.75, 3.05) is 26.7 Å². The van der Waals surface area contributed by atoms with Gasteiger partial charge in [0.15, 0.2) is 0 Å². The predicted octanol–water partition coefficient (Wildman–Crippen LogP) is 9.27. The van der Waals surface area contributed by atoms with E-state index in [0.717, 1.165) is 0 Å². The molecule has 6 unspecified atom stereocenters. The first-order valence-corrected chi connectivity index (χ1v) is 22.2. The van der Waals surface area contributed by atoms with Gasteiger partial charge in [-0.15, -0.1) is 0 Å². The molecule has 2 heterocycles. The molecule has 7 heteroatoms. The molecule has 0 bridgehead atoms. The topological polar surface area (TPSA) is 6.48 Å². The van der Waals surface area contributed by atoms with Crippen molar-refractivity contribution >= 4 is 40.4 Å². The zero-order valence-electron chi connectivity index (χ0n) is 23.5. The van der Waals surface area contributed by atoms with Gasteiger partial charge in [0.25, 0.3) is 0 Å². The Morgan fingerprint density at radius 2 is 0.970 bits per heavy atom. The average Bonchev–Trinajstić information content (AvgIpc) is 3.28. The molecule has 2 nitrogen and oxygen atoms in total. The highest BCUT2D eigenvalue weighted by molar-refractivity contribution is 7.82. The second-order valence-electron chi connectivity index (χ2n) is 13.0.